The molecule has 0 unspecified atom stereocenters. The molecule has 6 heteroatoms. The Morgan fingerprint density at radius 1 is 1.11 bits per heavy atom. The number of hydrogen-bond acceptors (Lipinski definition) is 5. The number of benzene rings is 2. The molecule has 0 bridgehead atoms. The zero-order chi connectivity index (χ0) is 19.6. The van der Waals surface area contributed by atoms with Crippen LogP contribution >= 0.6 is 0 Å². The number of aryl methyl sites for hydroxylation is 2. The third-order valence-electron chi connectivity index (χ3n) is 3.45. The molecule has 0 spiro atoms. The van der Waals surface area contributed by atoms with Gasteiger partial charge in [0.1, 0.15) is 11.8 Å². The van der Waals surface area contributed by atoms with Crippen LogP contribution in [0.25, 0.3) is 6.08 Å². The molecular weight excluding hydrogens is 344 g/mol. The van der Waals surface area contributed by atoms with E-state index in [0.29, 0.717) is 11.4 Å². The van der Waals surface area contributed by atoms with Gasteiger partial charge in [-0.3, -0.25) is 4.79 Å². The van der Waals surface area contributed by atoms with E-state index in [9.17, 15) is 9.59 Å². The van der Waals surface area contributed by atoms with Gasteiger partial charge in [-0.15, -0.1) is 0 Å². The molecule has 1 amide bonds. The van der Waals surface area contributed by atoms with E-state index >= 15 is 0 Å². The van der Waals surface area contributed by atoms with E-state index in [1.54, 1.807) is 30.3 Å². The predicted molar refractivity (Wildman–Crippen MR) is 102 cm³/mol. The zero-order valence-corrected chi connectivity index (χ0v) is 15.2. The number of rotatable bonds is 7. The SMILES string of the molecule is Cc1cc(C)cc(NC(=O)COC(=O)/C=C/c2ccc(OCC#N)cc2)c1. The van der Waals surface area contributed by atoms with Crippen LogP contribution in [-0.2, 0) is 14.3 Å². The summed E-state index contributed by atoms with van der Waals surface area (Å²) in [6.07, 6.45) is 2.81. The van der Waals surface area contributed by atoms with Crippen molar-refractivity contribution in [3.8, 4) is 11.8 Å². The Bertz CT molecular complexity index is 860. The summed E-state index contributed by atoms with van der Waals surface area (Å²) in [5.74, 6) is -0.449. The summed E-state index contributed by atoms with van der Waals surface area (Å²) < 4.78 is 10.1. The first-order valence-electron chi connectivity index (χ1n) is 8.29. The van der Waals surface area contributed by atoms with Crippen molar-refractivity contribution in [1.82, 2.24) is 0 Å². The molecule has 0 saturated carbocycles. The Morgan fingerprint density at radius 3 is 2.41 bits per heavy atom. The molecule has 0 aliphatic carbocycles. The molecule has 2 aromatic carbocycles. The van der Waals surface area contributed by atoms with Crippen molar-refractivity contribution in [2.24, 2.45) is 0 Å². The summed E-state index contributed by atoms with van der Waals surface area (Å²) in [5.41, 5.74) is 3.50. The minimum absolute atomic E-state index is 0.0221. The number of nitrogens with zero attached hydrogens (tertiary/aromatic N) is 1. The van der Waals surface area contributed by atoms with E-state index in [-0.39, 0.29) is 13.2 Å². The predicted octanol–water partition coefficient (Wildman–Crippen LogP) is 3.40. The van der Waals surface area contributed by atoms with Crippen LogP contribution in [0.4, 0.5) is 5.69 Å². The number of carbonyl (C=O) groups excluding carboxylic acids is 2. The van der Waals surface area contributed by atoms with Crippen LogP contribution < -0.4 is 10.1 Å². The molecule has 6 nitrogen and oxygen atoms in total. The Kier molecular flexibility index (Phi) is 7.15. The summed E-state index contributed by atoms with van der Waals surface area (Å²) in [5, 5.41) is 11.2. The molecule has 138 valence electrons. The van der Waals surface area contributed by atoms with E-state index in [1.807, 2.05) is 38.1 Å². The first-order chi connectivity index (χ1) is 13.0. The van der Waals surface area contributed by atoms with Crippen LogP contribution in [-0.4, -0.2) is 25.1 Å². The van der Waals surface area contributed by atoms with Gasteiger partial charge in [-0.25, -0.2) is 4.79 Å². The van der Waals surface area contributed by atoms with Crippen LogP contribution in [0, 0.1) is 25.2 Å². The number of nitriles is 1. The van der Waals surface area contributed by atoms with Crippen LogP contribution in [0.3, 0.4) is 0 Å². The maximum Gasteiger partial charge on any atom is 0.331 e. The topological polar surface area (TPSA) is 88.4 Å². The van der Waals surface area contributed by atoms with Gasteiger partial charge < -0.3 is 14.8 Å². The largest absolute Gasteiger partial charge is 0.479 e. The van der Waals surface area contributed by atoms with Crippen LogP contribution in [0.5, 0.6) is 5.75 Å². The highest BCUT2D eigenvalue weighted by atomic mass is 16.5. The zero-order valence-electron chi connectivity index (χ0n) is 15.2. The maximum absolute atomic E-state index is 11.9. The number of anilines is 1. The smallest absolute Gasteiger partial charge is 0.331 e. The number of nitrogens with one attached hydrogen (secondary N) is 1. The van der Waals surface area contributed by atoms with Crippen LogP contribution in [0.2, 0.25) is 0 Å². The fraction of sp³-hybridized carbons (Fsp3) is 0.190. The van der Waals surface area contributed by atoms with Crippen molar-refractivity contribution in [3.63, 3.8) is 0 Å². The summed E-state index contributed by atoms with van der Waals surface area (Å²) in [4.78, 5) is 23.6. The van der Waals surface area contributed by atoms with Gasteiger partial charge in [0.05, 0.1) is 0 Å². The number of esters is 1. The first kappa shape index (κ1) is 19.7. The van der Waals surface area contributed by atoms with Crippen LogP contribution in [0.15, 0.2) is 48.5 Å². The minimum atomic E-state index is -0.615. The third-order valence-corrected chi connectivity index (χ3v) is 3.45. The highest BCUT2D eigenvalue weighted by Gasteiger charge is 2.06. The standard InChI is InChI=1S/C21H20N2O4/c1-15-11-16(2)13-18(12-15)23-20(24)14-27-21(25)8-5-17-3-6-19(7-4-17)26-10-9-22/h3-8,11-13H,10,14H2,1-2H3,(H,23,24)/b8-5+. The second-order valence-corrected chi connectivity index (χ2v) is 5.88. The van der Waals surface area contributed by atoms with E-state index in [4.69, 9.17) is 14.7 Å². The third kappa shape index (κ3) is 7.04. The van der Waals surface area contributed by atoms with Crippen molar-refractivity contribution in [1.29, 1.82) is 5.26 Å². The molecule has 0 heterocycles. The lowest BCUT2D eigenvalue weighted by atomic mass is 10.1. The van der Waals surface area contributed by atoms with Crippen LogP contribution in [0.1, 0.15) is 16.7 Å². The average Bonchev–Trinajstić information content (AvgIpc) is 2.63. The van der Waals surface area contributed by atoms with Gasteiger partial charge >= 0.3 is 5.97 Å². The Labute approximate surface area is 158 Å². The first-order valence-corrected chi connectivity index (χ1v) is 8.29. The van der Waals surface area contributed by atoms with E-state index < -0.39 is 11.9 Å². The van der Waals surface area contributed by atoms with Gasteiger partial charge in [0, 0.05) is 11.8 Å². The number of amides is 1. The van der Waals surface area contributed by atoms with E-state index in [0.717, 1.165) is 16.7 Å². The summed E-state index contributed by atoms with van der Waals surface area (Å²) in [6.45, 7) is 3.49. The monoisotopic (exact) mass is 364 g/mol. The molecule has 0 saturated heterocycles. The lowest BCUT2D eigenvalue weighted by molar-refractivity contribution is -0.142. The Morgan fingerprint density at radius 2 is 1.78 bits per heavy atom. The molecule has 0 radical (unpaired) electrons. The lowest BCUT2D eigenvalue weighted by Crippen LogP contribution is -2.20. The second kappa shape index (κ2) is 9.78. The van der Waals surface area contributed by atoms with Crippen molar-refractivity contribution in [2.45, 2.75) is 13.8 Å². The maximum atomic E-state index is 11.9. The molecule has 0 aromatic heterocycles. The van der Waals surface area contributed by atoms with E-state index in [2.05, 4.69) is 5.32 Å². The summed E-state index contributed by atoms with van der Waals surface area (Å²) >= 11 is 0. The van der Waals surface area contributed by atoms with Crippen molar-refractivity contribution in [3.05, 3.63) is 65.2 Å². The van der Waals surface area contributed by atoms with Gasteiger partial charge in [-0.05, 0) is 60.9 Å². The summed E-state index contributed by atoms with van der Waals surface area (Å²) in [6, 6.07) is 14.4. The van der Waals surface area contributed by atoms with Gasteiger partial charge in [-0.1, -0.05) is 18.2 Å². The van der Waals surface area contributed by atoms with E-state index in [1.165, 1.54) is 6.08 Å². The molecule has 1 N–H and O–H groups in total. The number of carbonyl (C=O) groups is 2. The second-order valence-electron chi connectivity index (χ2n) is 5.88. The number of hydrogen-bond donors (Lipinski definition) is 1. The quantitative estimate of drug-likeness (QED) is 0.601. The average molecular weight is 364 g/mol. The summed E-state index contributed by atoms with van der Waals surface area (Å²) in [7, 11) is 0. The van der Waals surface area contributed by atoms with Crippen molar-refractivity contribution in [2.75, 3.05) is 18.5 Å². The fourth-order valence-corrected chi connectivity index (χ4v) is 2.38. The minimum Gasteiger partial charge on any atom is -0.479 e. The highest BCUT2D eigenvalue weighted by Crippen LogP contribution is 2.14. The molecule has 2 aromatic rings. The van der Waals surface area contributed by atoms with Gasteiger partial charge in [0.25, 0.3) is 5.91 Å². The Balaban J connectivity index is 1.80. The molecule has 0 atom stereocenters. The van der Waals surface area contributed by atoms with Crippen molar-refractivity contribution >= 4 is 23.6 Å². The highest BCUT2D eigenvalue weighted by molar-refractivity contribution is 5.94. The molecule has 2 rings (SSSR count). The van der Waals surface area contributed by atoms with Gasteiger partial charge in [0.15, 0.2) is 13.2 Å². The molecule has 0 aliphatic heterocycles. The van der Waals surface area contributed by atoms with Gasteiger partial charge in [-0.2, -0.15) is 5.26 Å². The van der Waals surface area contributed by atoms with Crippen molar-refractivity contribution < 1.29 is 19.1 Å². The molecule has 0 fully saturated rings. The molecular formula is C21H20N2O4. The lowest BCUT2D eigenvalue weighted by Gasteiger charge is -2.07. The molecule has 27 heavy (non-hydrogen) atoms. The van der Waals surface area contributed by atoms with Gasteiger partial charge in [0.2, 0.25) is 0 Å². The molecule has 0 aliphatic rings. The Hall–Kier alpha value is -3.59. The number of ether oxygens (including phenoxy) is 2. The normalized spacial score (nSPS) is 10.3. The fourth-order valence-electron chi connectivity index (χ4n) is 2.38.